The SMILES string of the molecule is CCOC(=O)c1cc2c(-c3cccc(N4CCOCC4)c3)ccn2c(C(C)=O)c1C. The Labute approximate surface area is 176 Å². The molecule has 3 aromatic rings. The summed E-state index contributed by atoms with van der Waals surface area (Å²) in [5.74, 6) is -0.498. The molecule has 0 bridgehead atoms. The molecule has 1 aromatic carbocycles. The first kappa shape index (κ1) is 20.2. The average molecular weight is 406 g/mol. The number of pyridine rings is 1. The standard InChI is InChI=1S/C24H26N2O4/c1-4-30-24(28)21-15-22-20(8-9-26(22)23(16(21)2)17(3)27)18-6-5-7-19(14-18)25-10-12-29-13-11-25/h5-9,14-15H,4,10-13H2,1-3H3. The summed E-state index contributed by atoms with van der Waals surface area (Å²) in [5, 5.41) is 0. The molecule has 0 amide bonds. The molecule has 1 saturated heterocycles. The van der Waals surface area contributed by atoms with E-state index >= 15 is 0 Å². The molecule has 156 valence electrons. The van der Waals surface area contributed by atoms with Crippen molar-refractivity contribution in [1.29, 1.82) is 0 Å². The van der Waals surface area contributed by atoms with Gasteiger partial charge in [0, 0.05) is 37.5 Å². The van der Waals surface area contributed by atoms with Gasteiger partial charge in [0.25, 0.3) is 0 Å². The lowest BCUT2D eigenvalue weighted by Crippen LogP contribution is -2.36. The number of hydrogen-bond acceptors (Lipinski definition) is 5. The fraction of sp³-hybridized carbons (Fsp3) is 0.333. The fourth-order valence-electron chi connectivity index (χ4n) is 4.13. The number of ketones is 1. The van der Waals surface area contributed by atoms with E-state index in [1.165, 1.54) is 6.92 Å². The van der Waals surface area contributed by atoms with Crippen LogP contribution >= 0.6 is 0 Å². The minimum absolute atomic E-state index is 0.0899. The van der Waals surface area contributed by atoms with Crippen LogP contribution in [0.2, 0.25) is 0 Å². The molecular weight excluding hydrogens is 380 g/mol. The van der Waals surface area contributed by atoms with Gasteiger partial charge in [0.05, 0.1) is 36.6 Å². The lowest BCUT2D eigenvalue weighted by Gasteiger charge is -2.29. The van der Waals surface area contributed by atoms with Crippen LogP contribution in [0.25, 0.3) is 16.6 Å². The van der Waals surface area contributed by atoms with Crippen LogP contribution < -0.4 is 4.90 Å². The zero-order valence-electron chi connectivity index (χ0n) is 17.6. The predicted octanol–water partition coefficient (Wildman–Crippen LogP) is 4.13. The zero-order valence-corrected chi connectivity index (χ0v) is 17.6. The normalized spacial score (nSPS) is 14.2. The second-order valence-corrected chi connectivity index (χ2v) is 7.44. The quantitative estimate of drug-likeness (QED) is 0.471. The molecule has 0 spiro atoms. The lowest BCUT2D eigenvalue weighted by atomic mass is 10.0. The van der Waals surface area contributed by atoms with Gasteiger partial charge in [-0.1, -0.05) is 12.1 Å². The van der Waals surface area contributed by atoms with Crippen LogP contribution in [0.4, 0.5) is 5.69 Å². The van der Waals surface area contributed by atoms with E-state index in [0.717, 1.165) is 48.6 Å². The number of carbonyl (C=O) groups excluding carboxylic acids is 2. The van der Waals surface area contributed by atoms with Gasteiger partial charge < -0.3 is 18.8 Å². The average Bonchev–Trinajstić information content (AvgIpc) is 3.17. The van der Waals surface area contributed by atoms with Crippen molar-refractivity contribution in [2.45, 2.75) is 20.8 Å². The molecule has 6 heteroatoms. The number of nitrogens with zero attached hydrogens (tertiary/aromatic N) is 2. The molecule has 0 N–H and O–H groups in total. The van der Waals surface area contributed by atoms with Crippen molar-refractivity contribution in [1.82, 2.24) is 4.40 Å². The third-order valence-corrected chi connectivity index (χ3v) is 5.57. The van der Waals surface area contributed by atoms with E-state index in [0.29, 0.717) is 16.8 Å². The Morgan fingerprint density at radius 2 is 1.90 bits per heavy atom. The zero-order chi connectivity index (χ0) is 21.3. The summed E-state index contributed by atoms with van der Waals surface area (Å²) in [4.78, 5) is 27.3. The first-order valence-electron chi connectivity index (χ1n) is 10.3. The van der Waals surface area contributed by atoms with Crippen molar-refractivity contribution in [2.24, 2.45) is 0 Å². The largest absolute Gasteiger partial charge is 0.462 e. The molecule has 1 aliphatic heterocycles. The number of esters is 1. The van der Waals surface area contributed by atoms with Crippen LogP contribution in [0.5, 0.6) is 0 Å². The second-order valence-electron chi connectivity index (χ2n) is 7.44. The lowest BCUT2D eigenvalue weighted by molar-refractivity contribution is 0.0525. The van der Waals surface area contributed by atoms with Crippen molar-refractivity contribution in [2.75, 3.05) is 37.8 Å². The van der Waals surface area contributed by atoms with Gasteiger partial charge in [-0.3, -0.25) is 4.79 Å². The van der Waals surface area contributed by atoms with Gasteiger partial charge in [0.15, 0.2) is 5.78 Å². The fourth-order valence-corrected chi connectivity index (χ4v) is 4.13. The maximum atomic E-state index is 12.6. The molecule has 2 aromatic heterocycles. The first-order valence-corrected chi connectivity index (χ1v) is 10.3. The Bertz CT molecular complexity index is 1110. The number of benzene rings is 1. The molecule has 4 rings (SSSR count). The van der Waals surface area contributed by atoms with E-state index in [2.05, 4.69) is 23.1 Å². The monoisotopic (exact) mass is 406 g/mol. The number of carbonyl (C=O) groups is 2. The Morgan fingerprint density at radius 1 is 1.13 bits per heavy atom. The third-order valence-electron chi connectivity index (χ3n) is 5.57. The molecule has 3 heterocycles. The minimum Gasteiger partial charge on any atom is -0.462 e. The van der Waals surface area contributed by atoms with E-state index in [1.54, 1.807) is 13.8 Å². The summed E-state index contributed by atoms with van der Waals surface area (Å²) < 4.78 is 12.6. The number of Topliss-reactive ketones (excluding diaryl/α,β-unsaturated/α-hetero) is 1. The molecule has 0 unspecified atom stereocenters. The highest BCUT2D eigenvalue weighted by atomic mass is 16.5. The smallest absolute Gasteiger partial charge is 0.338 e. The van der Waals surface area contributed by atoms with Gasteiger partial charge in [0.2, 0.25) is 0 Å². The number of hydrogen-bond donors (Lipinski definition) is 0. The van der Waals surface area contributed by atoms with Crippen LogP contribution in [-0.4, -0.2) is 49.1 Å². The highest BCUT2D eigenvalue weighted by molar-refractivity contribution is 6.02. The molecule has 30 heavy (non-hydrogen) atoms. The number of fused-ring (bicyclic) bond motifs is 1. The first-order chi connectivity index (χ1) is 14.5. The van der Waals surface area contributed by atoms with Crippen molar-refractivity contribution < 1.29 is 19.1 Å². The van der Waals surface area contributed by atoms with E-state index in [9.17, 15) is 9.59 Å². The molecule has 6 nitrogen and oxygen atoms in total. The Balaban J connectivity index is 1.86. The van der Waals surface area contributed by atoms with Crippen LogP contribution in [0.15, 0.2) is 42.6 Å². The highest BCUT2D eigenvalue weighted by Gasteiger charge is 2.21. The van der Waals surface area contributed by atoms with Crippen molar-refractivity contribution in [3.05, 3.63) is 59.4 Å². The Hall–Kier alpha value is -3.12. The maximum Gasteiger partial charge on any atom is 0.338 e. The van der Waals surface area contributed by atoms with Crippen LogP contribution in [0, 0.1) is 6.92 Å². The number of ether oxygens (including phenoxy) is 2. The Morgan fingerprint density at radius 3 is 2.60 bits per heavy atom. The minimum atomic E-state index is -0.408. The van der Waals surface area contributed by atoms with Crippen molar-refractivity contribution in [3.63, 3.8) is 0 Å². The summed E-state index contributed by atoms with van der Waals surface area (Å²) >= 11 is 0. The van der Waals surface area contributed by atoms with E-state index in [-0.39, 0.29) is 12.4 Å². The second kappa shape index (κ2) is 8.32. The van der Waals surface area contributed by atoms with Gasteiger partial charge in [-0.05, 0) is 49.2 Å². The molecule has 1 fully saturated rings. The van der Waals surface area contributed by atoms with Gasteiger partial charge in [0.1, 0.15) is 0 Å². The third kappa shape index (κ3) is 3.59. The number of rotatable bonds is 5. The van der Waals surface area contributed by atoms with Gasteiger partial charge in [-0.2, -0.15) is 0 Å². The molecule has 0 saturated carbocycles. The molecular formula is C24H26N2O4. The van der Waals surface area contributed by atoms with E-state index < -0.39 is 5.97 Å². The van der Waals surface area contributed by atoms with Crippen LogP contribution in [0.3, 0.4) is 0 Å². The maximum absolute atomic E-state index is 12.6. The van der Waals surface area contributed by atoms with Crippen LogP contribution in [0.1, 0.15) is 40.3 Å². The summed E-state index contributed by atoms with van der Waals surface area (Å²) in [6.07, 6.45) is 1.89. The summed E-state index contributed by atoms with van der Waals surface area (Å²) in [7, 11) is 0. The summed E-state index contributed by atoms with van der Waals surface area (Å²) in [6.45, 7) is 8.55. The van der Waals surface area contributed by atoms with E-state index in [1.807, 2.05) is 28.8 Å². The number of morpholine rings is 1. The Kier molecular flexibility index (Phi) is 5.59. The topological polar surface area (TPSA) is 60.2 Å². The van der Waals surface area contributed by atoms with Gasteiger partial charge in [-0.15, -0.1) is 0 Å². The van der Waals surface area contributed by atoms with E-state index in [4.69, 9.17) is 9.47 Å². The van der Waals surface area contributed by atoms with Gasteiger partial charge >= 0.3 is 5.97 Å². The molecule has 1 aliphatic rings. The van der Waals surface area contributed by atoms with Crippen molar-refractivity contribution in [3.8, 4) is 11.1 Å². The van der Waals surface area contributed by atoms with Crippen LogP contribution in [-0.2, 0) is 9.47 Å². The number of anilines is 1. The molecule has 0 aliphatic carbocycles. The summed E-state index contributed by atoms with van der Waals surface area (Å²) in [5.41, 5.74) is 5.53. The van der Waals surface area contributed by atoms with Crippen molar-refractivity contribution >= 4 is 23.0 Å². The number of aromatic nitrogens is 1. The van der Waals surface area contributed by atoms with Gasteiger partial charge in [-0.25, -0.2) is 4.79 Å². The predicted molar refractivity (Wildman–Crippen MR) is 117 cm³/mol. The molecule has 0 atom stereocenters. The highest BCUT2D eigenvalue weighted by Crippen LogP contribution is 2.32. The summed E-state index contributed by atoms with van der Waals surface area (Å²) in [6, 6.07) is 12.2. The molecule has 0 radical (unpaired) electrons.